The Hall–Kier alpha value is -2.15. The molecule has 0 atom stereocenters. The van der Waals surface area contributed by atoms with E-state index in [1.807, 2.05) is 0 Å². The summed E-state index contributed by atoms with van der Waals surface area (Å²) in [6, 6.07) is 4.41. The van der Waals surface area contributed by atoms with Gasteiger partial charge in [0.05, 0.1) is 4.92 Å². The smallest absolute Gasteiger partial charge is 0.306 e. The number of benzene rings is 1. The second-order valence-corrected chi connectivity index (χ2v) is 4.90. The lowest BCUT2D eigenvalue weighted by Gasteiger charge is -2.09. The number of hydrogen-bond donors (Lipinski definition) is 3. The van der Waals surface area contributed by atoms with Crippen molar-refractivity contribution in [1.29, 1.82) is 0 Å². The van der Waals surface area contributed by atoms with Crippen molar-refractivity contribution in [2.75, 3.05) is 12.0 Å². The fourth-order valence-corrected chi connectivity index (χ4v) is 1.85. The summed E-state index contributed by atoms with van der Waals surface area (Å²) in [4.78, 5) is 22.4. The molecule has 0 aliphatic rings. The molecule has 0 saturated carbocycles. The van der Waals surface area contributed by atoms with Gasteiger partial charge in [0, 0.05) is 6.54 Å². The lowest BCUT2D eigenvalue weighted by molar-refractivity contribution is -0.384. The van der Waals surface area contributed by atoms with E-state index in [1.165, 1.54) is 12.1 Å². The predicted molar refractivity (Wildman–Crippen MR) is 77.3 cm³/mol. The Balaban J connectivity index is 2.80. The number of nitrogens with one attached hydrogen (secondary N) is 2. The van der Waals surface area contributed by atoms with E-state index < -0.39 is 10.8 Å². The highest BCUT2D eigenvalue weighted by molar-refractivity contribution is 6.00. The number of nitrogens with two attached hydrogens (primary N) is 1. The number of nitrogens with zero attached hydrogens (tertiary/aromatic N) is 1. The molecule has 0 unspecified atom stereocenters. The maximum absolute atomic E-state index is 12.0. The third-order valence-corrected chi connectivity index (χ3v) is 2.86. The number of carbonyl (C=O) groups excluding carboxylic acids is 1. The van der Waals surface area contributed by atoms with E-state index in [4.69, 9.17) is 5.84 Å². The number of rotatable bonds is 7. The molecule has 0 fully saturated rings. The van der Waals surface area contributed by atoms with Crippen LogP contribution in [0.3, 0.4) is 0 Å². The summed E-state index contributed by atoms with van der Waals surface area (Å²) >= 11 is 0. The maximum Gasteiger partial charge on any atom is 0.306 e. The minimum absolute atomic E-state index is 0.00926. The normalized spacial score (nSPS) is 10.4. The summed E-state index contributed by atoms with van der Waals surface area (Å²) < 4.78 is 0. The van der Waals surface area contributed by atoms with Gasteiger partial charge in [0.1, 0.15) is 11.3 Å². The topological polar surface area (TPSA) is 110 Å². The Kier molecular flexibility index (Phi) is 5.92. The molecular formula is C13H20N4O3. The first-order valence-electron chi connectivity index (χ1n) is 6.49. The molecule has 4 N–H and O–H groups in total. The number of nitrogen functional groups attached to an aromatic ring is 1. The van der Waals surface area contributed by atoms with Crippen molar-refractivity contribution in [2.24, 2.45) is 11.8 Å². The average Bonchev–Trinajstić information content (AvgIpc) is 2.41. The number of carbonyl (C=O) groups is 1. The van der Waals surface area contributed by atoms with Crippen LogP contribution in [0, 0.1) is 16.0 Å². The molecule has 7 heteroatoms. The number of nitro groups is 1. The highest BCUT2D eigenvalue weighted by Gasteiger charge is 2.23. The van der Waals surface area contributed by atoms with Crippen molar-refractivity contribution in [1.82, 2.24) is 5.32 Å². The van der Waals surface area contributed by atoms with E-state index in [2.05, 4.69) is 24.6 Å². The largest absolute Gasteiger partial charge is 0.352 e. The average molecular weight is 280 g/mol. The lowest BCUT2D eigenvalue weighted by atomic mass is 10.1. The second kappa shape index (κ2) is 7.44. The molecule has 0 aliphatic heterocycles. The number of amides is 1. The van der Waals surface area contributed by atoms with Gasteiger partial charge in [-0.3, -0.25) is 20.8 Å². The second-order valence-electron chi connectivity index (χ2n) is 4.90. The fraction of sp³-hybridized carbons (Fsp3) is 0.462. The monoisotopic (exact) mass is 280 g/mol. The molecule has 1 aromatic carbocycles. The maximum atomic E-state index is 12.0. The molecule has 1 rings (SSSR count). The van der Waals surface area contributed by atoms with E-state index in [-0.39, 0.29) is 16.9 Å². The van der Waals surface area contributed by atoms with Gasteiger partial charge in [-0.05, 0) is 30.9 Å². The number of hydrazine groups is 1. The molecule has 0 saturated heterocycles. The van der Waals surface area contributed by atoms with Crippen LogP contribution in [0.5, 0.6) is 0 Å². The van der Waals surface area contributed by atoms with Gasteiger partial charge >= 0.3 is 5.69 Å². The molecule has 0 bridgehead atoms. The van der Waals surface area contributed by atoms with E-state index in [0.717, 1.165) is 12.8 Å². The predicted octanol–water partition coefficient (Wildman–Crippen LogP) is 2.05. The summed E-state index contributed by atoms with van der Waals surface area (Å²) in [6.07, 6.45) is 1.83. The van der Waals surface area contributed by atoms with Gasteiger partial charge in [0.15, 0.2) is 0 Å². The van der Waals surface area contributed by atoms with Crippen molar-refractivity contribution in [2.45, 2.75) is 26.7 Å². The molecule has 1 amide bonds. The quantitative estimate of drug-likeness (QED) is 0.306. The molecule has 0 aliphatic carbocycles. The van der Waals surface area contributed by atoms with Crippen LogP contribution in [0.25, 0.3) is 0 Å². The van der Waals surface area contributed by atoms with Crippen molar-refractivity contribution >= 4 is 17.3 Å². The van der Waals surface area contributed by atoms with Crippen LogP contribution < -0.4 is 16.6 Å². The fourth-order valence-electron chi connectivity index (χ4n) is 1.85. The van der Waals surface area contributed by atoms with Gasteiger partial charge in [0.2, 0.25) is 0 Å². The van der Waals surface area contributed by atoms with Crippen LogP contribution in [0.15, 0.2) is 18.2 Å². The summed E-state index contributed by atoms with van der Waals surface area (Å²) in [5.41, 5.74) is 2.05. The first-order valence-corrected chi connectivity index (χ1v) is 6.49. The molecule has 110 valence electrons. The van der Waals surface area contributed by atoms with Crippen molar-refractivity contribution in [3.8, 4) is 0 Å². The van der Waals surface area contributed by atoms with Crippen LogP contribution in [0.4, 0.5) is 11.4 Å². The minimum Gasteiger partial charge on any atom is -0.352 e. The molecule has 0 aromatic heterocycles. The zero-order chi connectivity index (χ0) is 15.1. The minimum atomic E-state index is -0.613. The summed E-state index contributed by atoms with van der Waals surface area (Å²) in [7, 11) is 0. The zero-order valence-corrected chi connectivity index (χ0v) is 11.7. The third-order valence-electron chi connectivity index (χ3n) is 2.86. The molecule has 20 heavy (non-hydrogen) atoms. The molecule has 0 spiro atoms. The van der Waals surface area contributed by atoms with E-state index in [9.17, 15) is 14.9 Å². The summed E-state index contributed by atoms with van der Waals surface area (Å²) in [6.45, 7) is 4.69. The van der Waals surface area contributed by atoms with Crippen molar-refractivity contribution < 1.29 is 9.72 Å². The van der Waals surface area contributed by atoms with Crippen molar-refractivity contribution in [3.63, 3.8) is 0 Å². The number of para-hydroxylation sites is 1. The standard InChI is InChI=1S/C13H20N4O3/c1-9(2)5-4-8-15-13(18)10-6-3-7-11(16-14)12(10)17(19)20/h3,6-7,9,16H,4-5,8,14H2,1-2H3,(H,15,18). The van der Waals surface area contributed by atoms with E-state index in [1.54, 1.807) is 6.07 Å². The molecule has 0 heterocycles. The Morgan fingerprint density at radius 3 is 2.70 bits per heavy atom. The Morgan fingerprint density at radius 1 is 1.45 bits per heavy atom. The van der Waals surface area contributed by atoms with Crippen molar-refractivity contribution in [3.05, 3.63) is 33.9 Å². The Morgan fingerprint density at radius 2 is 2.15 bits per heavy atom. The van der Waals surface area contributed by atoms with Crippen LogP contribution in [-0.4, -0.2) is 17.4 Å². The van der Waals surface area contributed by atoms with Gasteiger partial charge < -0.3 is 10.7 Å². The number of nitro benzene ring substituents is 1. The first kappa shape index (κ1) is 15.9. The van der Waals surface area contributed by atoms with Crippen LogP contribution in [0.1, 0.15) is 37.0 Å². The molecule has 7 nitrogen and oxygen atoms in total. The third kappa shape index (κ3) is 4.20. The van der Waals surface area contributed by atoms with Gasteiger partial charge in [-0.2, -0.15) is 0 Å². The molecule has 1 aromatic rings. The number of hydrogen-bond acceptors (Lipinski definition) is 5. The van der Waals surface area contributed by atoms with E-state index >= 15 is 0 Å². The zero-order valence-electron chi connectivity index (χ0n) is 11.7. The van der Waals surface area contributed by atoms with Gasteiger partial charge in [0.25, 0.3) is 5.91 Å². The van der Waals surface area contributed by atoms with Gasteiger partial charge in [-0.15, -0.1) is 0 Å². The first-order chi connectivity index (χ1) is 9.47. The highest BCUT2D eigenvalue weighted by Crippen LogP contribution is 2.27. The molecule has 0 radical (unpaired) electrons. The van der Waals surface area contributed by atoms with Gasteiger partial charge in [-0.25, -0.2) is 0 Å². The summed E-state index contributed by atoms with van der Waals surface area (Å²) in [5.74, 6) is 5.33. The van der Waals surface area contributed by atoms with E-state index in [0.29, 0.717) is 12.5 Å². The van der Waals surface area contributed by atoms with Crippen LogP contribution >= 0.6 is 0 Å². The molecular weight excluding hydrogens is 260 g/mol. The SMILES string of the molecule is CC(C)CCCNC(=O)c1cccc(NN)c1[N+](=O)[O-]. The summed E-state index contributed by atoms with van der Waals surface area (Å²) in [5, 5.41) is 13.7. The van der Waals surface area contributed by atoms with Gasteiger partial charge in [-0.1, -0.05) is 19.9 Å². The lowest BCUT2D eigenvalue weighted by Crippen LogP contribution is -2.26. The Bertz CT molecular complexity index is 489. The van der Waals surface area contributed by atoms with Crippen LogP contribution in [0.2, 0.25) is 0 Å². The highest BCUT2D eigenvalue weighted by atomic mass is 16.6. The Labute approximate surface area is 117 Å². The number of anilines is 1. The van der Waals surface area contributed by atoms with Crippen LogP contribution in [-0.2, 0) is 0 Å².